The third-order valence-electron chi connectivity index (χ3n) is 6.74. The Kier molecular flexibility index (Phi) is 10.4. The average Bonchev–Trinajstić information content (AvgIpc) is 3.56. The van der Waals surface area contributed by atoms with Crippen molar-refractivity contribution >= 4 is 40.5 Å². The van der Waals surface area contributed by atoms with Crippen LogP contribution in [-0.4, -0.2) is 70.4 Å². The summed E-state index contributed by atoms with van der Waals surface area (Å²) in [6.07, 6.45) is 3.22. The van der Waals surface area contributed by atoms with Crippen molar-refractivity contribution < 1.29 is 29.1 Å². The van der Waals surface area contributed by atoms with Crippen molar-refractivity contribution in [2.45, 2.75) is 76.5 Å². The van der Waals surface area contributed by atoms with Crippen LogP contribution in [0.25, 0.3) is 10.9 Å². The molecule has 1 aliphatic rings. The van der Waals surface area contributed by atoms with E-state index in [1.54, 1.807) is 6.20 Å². The molecule has 4 unspecified atom stereocenters. The third-order valence-corrected chi connectivity index (χ3v) is 6.74. The fraction of sp³-hybridized carbons (Fsp3) is 0.519. The van der Waals surface area contributed by atoms with Gasteiger partial charge >= 0.3 is 5.97 Å². The summed E-state index contributed by atoms with van der Waals surface area (Å²) in [7, 11) is 0. The van der Waals surface area contributed by atoms with Crippen molar-refractivity contribution in [2.24, 2.45) is 11.7 Å². The number of aromatic amines is 1. The van der Waals surface area contributed by atoms with E-state index < -0.39 is 41.8 Å². The Bertz CT molecular complexity index is 1190. The third kappa shape index (κ3) is 8.54. The summed E-state index contributed by atoms with van der Waals surface area (Å²) in [5.41, 5.74) is 6.82. The molecule has 39 heavy (non-hydrogen) atoms. The van der Waals surface area contributed by atoms with Crippen LogP contribution in [0.15, 0.2) is 30.5 Å². The largest absolute Gasteiger partial charge is 0.480 e. The molecule has 4 amide bonds. The number of para-hydroxylation sites is 1. The number of amides is 4. The summed E-state index contributed by atoms with van der Waals surface area (Å²) < 4.78 is 0. The van der Waals surface area contributed by atoms with Gasteiger partial charge in [-0.1, -0.05) is 32.0 Å². The number of aliphatic carboxylic acids is 1. The van der Waals surface area contributed by atoms with Gasteiger partial charge in [0.05, 0.1) is 6.04 Å². The zero-order valence-corrected chi connectivity index (χ0v) is 22.3. The molecular weight excluding hydrogens is 504 g/mol. The summed E-state index contributed by atoms with van der Waals surface area (Å²) in [6.45, 7) is 4.52. The van der Waals surface area contributed by atoms with Crippen LogP contribution in [0.2, 0.25) is 0 Å². The molecule has 1 saturated heterocycles. The summed E-state index contributed by atoms with van der Waals surface area (Å²) in [4.78, 5) is 65.7. The molecule has 0 radical (unpaired) electrons. The molecule has 12 heteroatoms. The van der Waals surface area contributed by atoms with Crippen LogP contribution in [-0.2, 0) is 30.4 Å². The quantitative estimate of drug-likeness (QED) is 0.178. The van der Waals surface area contributed by atoms with Gasteiger partial charge in [-0.15, -0.1) is 0 Å². The number of hydrogen-bond acceptors (Lipinski definition) is 6. The zero-order valence-electron chi connectivity index (χ0n) is 22.3. The van der Waals surface area contributed by atoms with Crippen LogP contribution >= 0.6 is 0 Å². The van der Waals surface area contributed by atoms with E-state index in [2.05, 4.69) is 26.3 Å². The minimum atomic E-state index is -1.29. The molecule has 1 aromatic carbocycles. The summed E-state index contributed by atoms with van der Waals surface area (Å²) >= 11 is 0. The van der Waals surface area contributed by atoms with E-state index in [-0.39, 0.29) is 37.1 Å². The van der Waals surface area contributed by atoms with Crippen molar-refractivity contribution in [3.05, 3.63) is 36.0 Å². The van der Waals surface area contributed by atoms with E-state index in [0.717, 1.165) is 23.9 Å². The second-order valence-corrected chi connectivity index (χ2v) is 10.4. The number of H-pyrrole nitrogens is 1. The lowest BCUT2D eigenvalue weighted by molar-refractivity contribution is -0.142. The SMILES string of the molecule is CC(C)CC(NC(=O)C1CCCN1)C(=O)NC(CCC(N)=O)C(=O)NC(Cc1c[nH]c2ccccc12)C(=O)O. The average molecular weight is 543 g/mol. The molecule has 0 saturated carbocycles. The molecule has 3 rings (SSSR count). The summed E-state index contributed by atoms with van der Waals surface area (Å²) in [5.74, 6) is -3.51. The van der Waals surface area contributed by atoms with E-state index in [0.29, 0.717) is 18.4 Å². The minimum Gasteiger partial charge on any atom is -0.480 e. The first-order valence-corrected chi connectivity index (χ1v) is 13.3. The number of benzene rings is 1. The molecule has 0 spiro atoms. The standard InChI is InChI=1S/C27H38N6O6/c1-15(2)12-21(32-24(35)19-8-5-11-29-19)26(37)31-20(9-10-23(28)34)25(36)33-22(27(38)39)13-16-14-30-18-7-4-3-6-17(16)18/h3-4,6-7,14-15,19-22,29-30H,5,8-13H2,1-2H3,(H2,28,34)(H,31,37)(H,32,35)(H,33,36)(H,38,39). The number of primary amides is 1. The number of carboxylic acids is 1. The highest BCUT2D eigenvalue weighted by Gasteiger charge is 2.32. The molecule has 212 valence electrons. The van der Waals surface area contributed by atoms with Gasteiger partial charge in [0.1, 0.15) is 18.1 Å². The van der Waals surface area contributed by atoms with Crippen molar-refractivity contribution in [3.8, 4) is 0 Å². The highest BCUT2D eigenvalue weighted by molar-refractivity contribution is 5.94. The van der Waals surface area contributed by atoms with E-state index in [1.807, 2.05) is 38.1 Å². The molecule has 0 aliphatic carbocycles. The molecule has 1 aromatic heterocycles. The Hall–Kier alpha value is -3.93. The summed E-state index contributed by atoms with van der Waals surface area (Å²) in [5, 5.41) is 21.6. The molecule has 8 N–H and O–H groups in total. The maximum absolute atomic E-state index is 13.2. The number of nitrogens with one attached hydrogen (secondary N) is 5. The van der Waals surface area contributed by atoms with E-state index >= 15 is 0 Å². The van der Waals surface area contributed by atoms with Crippen LogP contribution in [0.4, 0.5) is 0 Å². The predicted octanol–water partition coefficient (Wildman–Crippen LogP) is 0.313. The van der Waals surface area contributed by atoms with Gasteiger partial charge in [-0.25, -0.2) is 4.79 Å². The van der Waals surface area contributed by atoms with Crippen LogP contribution in [0.1, 0.15) is 51.5 Å². The fourth-order valence-corrected chi connectivity index (χ4v) is 4.70. The first-order chi connectivity index (χ1) is 18.5. The van der Waals surface area contributed by atoms with Crippen LogP contribution in [0, 0.1) is 5.92 Å². The second-order valence-electron chi connectivity index (χ2n) is 10.4. The van der Waals surface area contributed by atoms with E-state index in [9.17, 15) is 29.1 Å². The number of fused-ring (bicyclic) bond motifs is 1. The van der Waals surface area contributed by atoms with Crippen LogP contribution < -0.4 is 27.0 Å². The lowest BCUT2D eigenvalue weighted by atomic mass is 10.0. The Morgan fingerprint density at radius 2 is 1.72 bits per heavy atom. The van der Waals surface area contributed by atoms with Gasteiger partial charge in [-0.05, 0) is 49.8 Å². The maximum Gasteiger partial charge on any atom is 0.326 e. The topological polar surface area (TPSA) is 196 Å². The Labute approximate surface area is 226 Å². The van der Waals surface area contributed by atoms with E-state index in [1.165, 1.54) is 0 Å². The minimum absolute atomic E-state index is 0.00198. The number of carbonyl (C=O) groups excluding carboxylic acids is 4. The molecule has 2 heterocycles. The van der Waals surface area contributed by atoms with E-state index in [4.69, 9.17) is 5.73 Å². The first-order valence-electron chi connectivity index (χ1n) is 13.3. The predicted molar refractivity (Wildman–Crippen MR) is 144 cm³/mol. The monoisotopic (exact) mass is 542 g/mol. The van der Waals surface area contributed by atoms with Gasteiger partial charge in [0.15, 0.2) is 0 Å². The number of nitrogens with two attached hydrogens (primary N) is 1. The molecule has 0 bridgehead atoms. The van der Waals surface area contributed by atoms with Crippen molar-refractivity contribution in [1.82, 2.24) is 26.3 Å². The highest BCUT2D eigenvalue weighted by atomic mass is 16.4. The van der Waals surface area contributed by atoms with Gasteiger partial charge < -0.3 is 37.1 Å². The zero-order chi connectivity index (χ0) is 28.5. The Balaban J connectivity index is 1.73. The van der Waals surface area contributed by atoms with Crippen LogP contribution in [0.5, 0.6) is 0 Å². The molecule has 2 aromatic rings. The fourth-order valence-electron chi connectivity index (χ4n) is 4.70. The Morgan fingerprint density at radius 1 is 1.03 bits per heavy atom. The van der Waals surface area contributed by atoms with Gasteiger partial charge in [0, 0.05) is 29.9 Å². The molecular formula is C27H38N6O6. The summed E-state index contributed by atoms with van der Waals surface area (Å²) in [6, 6.07) is 3.57. The lowest BCUT2D eigenvalue weighted by Crippen LogP contribution is -2.57. The second kappa shape index (κ2) is 13.7. The smallest absolute Gasteiger partial charge is 0.326 e. The van der Waals surface area contributed by atoms with Crippen molar-refractivity contribution in [3.63, 3.8) is 0 Å². The Morgan fingerprint density at radius 3 is 2.36 bits per heavy atom. The number of rotatable bonds is 14. The normalized spacial score (nSPS) is 17.4. The lowest BCUT2D eigenvalue weighted by Gasteiger charge is -2.26. The number of carboxylic acid groups (broad SMARTS) is 1. The number of hydrogen-bond donors (Lipinski definition) is 7. The van der Waals surface area contributed by atoms with Gasteiger partial charge in [0.2, 0.25) is 23.6 Å². The molecule has 1 aliphatic heterocycles. The van der Waals surface area contributed by atoms with Gasteiger partial charge in [-0.2, -0.15) is 0 Å². The van der Waals surface area contributed by atoms with Crippen molar-refractivity contribution in [1.29, 1.82) is 0 Å². The maximum atomic E-state index is 13.2. The van der Waals surface area contributed by atoms with Gasteiger partial charge in [0.25, 0.3) is 0 Å². The molecule has 4 atom stereocenters. The molecule has 1 fully saturated rings. The molecule has 12 nitrogen and oxygen atoms in total. The van der Waals surface area contributed by atoms with Gasteiger partial charge in [-0.3, -0.25) is 19.2 Å². The first kappa shape index (κ1) is 29.6. The highest BCUT2D eigenvalue weighted by Crippen LogP contribution is 2.19. The van der Waals surface area contributed by atoms with Crippen molar-refractivity contribution in [2.75, 3.05) is 6.54 Å². The number of carbonyl (C=O) groups is 5. The van der Waals surface area contributed by atoms with Crippen LogP contribution in [0.3, 0.4) is 0 Å². The number of aromatic nitrogens is 1.